The van der Waals surface area contributed by atoms with Crippen molar-refractivity contribution in [1.29, 1.82) is 0 Å². The minimum absolute atomic E-state index is 0. The molecule has 0 spiro atoms. The van der Waals surface area contributed by atoms with Crippen LogP contribution < -0.4 is 4.90 Å². The standard InChI is InChI=1S/C26H27ClN6.ClH/c1-18-23(19(2)31-30-18)25(21-6-4-3-5-7-21)32-14-16-33(17-15-32)26-24(28-12-13-29-26)20-8-10-22(27)11-9-20;/h3-13,25H,14-17H2,1-2H3,(H,30,31);1H. The van der Waals surface area contributed by atoms with Crippen LogP contribution in [-0.2, 0) is 0 Å². The number of nitrogens with one attached hydrogen (secondary N) is 1. The molecule has 2 aromatic carbocycles. The van der Waals surface area contributed by atoms with Gasteiger partial charge in [-0.3, -0.25) is 15.0 Å². The second-order valence-electron chi connectivity index (χ2n) is 8.42. The van der Waals surface area contributed by atoms with Gasteiger partial charge in [-0.1, -0.05) is 54.1 Å². The smallest absolute Gasteiger partial charge is 0.155 e. The van der Waals surface area contributed by atoms with Crippen LogP contribution in [0.3, 0.4) is 0 Å². The number of hydrogen-bond acceptors (Lipinski definition) is 5. The average molecular weight is 495 g/mol. The number of piperazine rings is 1. The maximum atomic E-state index is 6.09. The third kappa shape index (κ3) is 4.80. The minimum atomic E-state index is 0. The van der Waals surface area contributed by atoms with E-state index in [0.29, 0.717) is 0 Å². The van der Waals surface area contributed by atoms with E-state index in [0.717, 1.165) is 59.7 Å². The van der Waals surface area contributed by atoms with E-state index in [1.54, 1.807) is 12.4 Å². The van der Waals surface area contributed by atoms with Crippen LogP contribution in [0.4, 0.5) is 5.82 Å². The number of aromatic nitrogens is 4. The van der Waals surface area contributed by atoms with Gasteiger partial charge in [-0.25, -0.2) is 4.98 Å². The van der Waals surface area contributed by atoms with E-state index in [9.17, 15) is 0 Å². The third-order valence-corrected chi connectivity index (χ3v) is 6.60. The van der Waals surface area contributed by atoms with Crippen LogP contribution in [0.5, 0.6) is 0 Å². The van der Waals surface area contributed by atoms with Gasteiger partial charge in [-0.2, -0.15) is 5.10 Å². The molecule has 34 heavy (non-hydrogen) atoms. The van der Waals surface area contributed by atoms with Gasteiger partial charge in [0.15, 0.2) is 5.82 Å². The fourth-order valence-electron chi connectivity index (χ4n) is 4.72. The Hall–Kier alpha value is -2.93. The molecule has 1 aliphatic heterocycles. The average Bonchev–Trinajstić information content (AvgIpc) is 3.19. The number of hydrogen-bond donors (Lipinski definition) is 1. The van der Waals surface area contributed by atoms with Crippen LogP contribution in [0.2, 0.25) is 5.02 Å². The van der Waals surface area contributed by atoms with Gasteiger partial charge >= 0.3 is 0 Å². The number of benzene rings is 2. The van der Waals surface area contributed by atoms with Crippen LogP contribution in [0.25, 0.3) is 11.3 Å². The molecule has 1 fully saturated rings. The van der Waals surface area contributed by atoms with E-state index in [2.05, 4.69) is 69.2 Å². The third-order valence-electron chi connectivity index (χ3n) is 6.35. The number of rotatable bonds is 5. The summed E-state index contributed by atoms with van der Waals surface area (Å²) in [5, 5.41) is 8.37. The number of nitrogens with zero attached hydrogens (tertiary/aromatic N) is 5. The van der Waals surface area contributed by atoms with Crippen molar-refractivity contribution in [2.45, 2.75) is 19.9 Å². The summed E-state index contributed by atoms with van der Waals surface area (Å²) in [6.45, 7) is 7.78. The molecule has 0 radical (unpaired) electrons. The minimum Gasteiger partial charge on any atom is -0.352 e. The lowest BCUT2D eigenvalue weighted by Gasteiger charge is -2.40. The Labute approximate surface area is 211 Å². The monoisotopic (exact) mass is 494 g/mol. The van der Waals surface area contributed by atoms with Gasteiger partial charge in [-0.15, -0.1) is 12.4 Å². The second kappa shape index (κ2) is 10.6. The summed E-state index contributed by atoms with van der Waals surface area (Å²) < 4.78 is 0. The summed E-state index contributed by atoms with van der Waals surface area (Å²) >= 11 is 6.09. The maximum Gasteiger partial charge on any atom is 0.155 e. The van der Waals surface area contributed by atoms with Crippen LogP contribution in [0, 0.1) is 13.8 Å². The van der Waals surface area contributed by atoms with Gasteiger partial charge in [0.1, 0.15) is 5.69 Å². The molecule has 8 heteroatoms. The number of aromatic amines is 1. The normalized spacial score (nSPS) is 15.1. The zero-order valence-electron chi connectivity index (χ0n) is 19.3. The van der Waals surface area contributed by atoms with E-state index >= 15 is 0 Å². The molecule has 5 rings (SSSR count). The molecule has 1 aliphatic rings. The van der Waals surface area contributed by atoms with Crippen LogP contribution in [-0.4, -0.2) is 51.2 Å². The Morgan fingerprint density at radius 1 is 0.882 bits per heavy atom. The van der Waals surface area contributed by atoms with E-state index < -0.39 is 0 Å². The molecule has 1 atom stereocenters. The molecule has 0 bridgehead atoms. The van der Waals surface area contributed by atoms with Crippen molar-refractivity contribution in [1.82, 2.24) is 25.1 Å². The van der Waals surface area contributed by atoms with E-state index in [1.165, 1.54) is 11.1 Å². The summed E-state index contributed by atoms with van der Waals surface area (Å²) in [5.41, 5.74) is 6.67. The first-order chi connectivity index (χ1) is 16.1. The van der Waals surface area contributed by atoms with Crippen molar-refractivity contribution >= 4 is 29.8 Å². The molecule has 3 heterocycles. The number of H-pyrrole nitrogens is 1. The fraction of sp³-hybridized carbons (Fsp3) is 0.269. The zero-order valence-corrected chi connectivity index (χ0v) is 20.9. The Bertz CT molecular complexity index is 1200. The Balaban J connectivity index is 0.00000274. The van der Waals surface area contributed by atoms with Crippen molar-refractivity contribution < 1.29 is 0 Å². The molecule has 176 valence electrons. The Morgan fingerprint density at radius 2 is 1.56 bits per heavy atom. The quantitative estimate of drug-likeness (QED) is 0.398. The number of anilines is 1. The highest BCUT2D eigenvalue weighted by molar-refractivity contribution is 6.30. The van der Waals surface area contributed by atoms with E-state index in [1.807, 2.05) is 24.3 Å². The summed E-state index contributed by atoms with van der Waals surface area (Å²) in [6.07, 6.45) is 3.52. The number of halogens is 2. The van der Waals surface area contributed by atoms with Crippen LogP contribution >= 0.6 is 24.0 Å². The van der Waals surface area contributed by atoms with E-state index in [-0.39, 0.29) is 18.4 Å². The van der Waals surface area contributed by atoms with Crippen LogP contribution in [0.15, 0.2) is 67.0 Å². The first-order valence-electron chi connectivity index (χ1n) is 11.2. The summed E-state index contributed by atoms with van der Waals surface area (Å²) in [4.78, 5) is 14.2. The van der Waals surface area contributed by atoms with Gasteiger partial charge in [0.05, 0.1) is 11.7 Å². The van der Waals surface area contributed by atoms with Crippen molar-refractivity contribution in [3.63, 3.8) is 0 Å². The molecule has 1 N–H and O–H groups in total. The lowest BCUT2D eigenvalue weighted by Crippen LogP contribution is -2.48. The molecular formula is C26H28Cl2N6. The largest absolute Gasteiger partial charge is 0.352 e. The number of aryl methyl sites for hydroxylation is 2. The molecule has 6 nitrogen and oxygen atoms in total. The van der Waals surface area contributed by atoms with Gasteiger partial charge < -0.3 is 4.90 Å². The molecule has 0 saturated carbocycles. The van der Waals surface area contributed by atoms with Crippen molar-refractivity contribution in [3.05, 3.63) is 94.5 Å². The highest BCUT2D eigenvalue weighted by atomic mass is 35.5. The molecular weight excluding hydrogens is 467 g/mol. The highest BCUT2D eigenvalue weighted by Crippen LogP contribution is 2.34. The molecule has 1 unspecified atom stereocenters. The summed E-state index contributed by atoms with van der Waals surface area (Å²) in [5.74, 6) is 0.923. The van der Waals surface area contributed by atoms with Gasteiger partial charge in [0, 0.05) is 60.4 Å². The van der Waals surface area contributed by atoms with Crippen molar-refractivity contribution in [2.24, 2.45) is 0 Å². The predicted molar refractivity (Wildman–Crippen MR) is 140 cm³/mol. The van der Waals surface area contributed by atoms with Crippen LogP contribution in [0.1, 0.15) is 28.6 Å². The lowest BCUT2D eigenvalue weighted by atomic mass is 9.95. The Morgan fingerprint density at radius 3 is 2.21 bits per heavy atom. The zero-order chi connectivity index (χ0) is 22.8. The first kappa shape index (κ1) is 24.2. The van der Waals surface area contributed by atoms with E-state index in [4.69, 9.17) is 16.6 Å². The first-order valence-corrected chi connectivity index (χ1v) is 11.6. The topological polar surface area (TPSA) is 60.9 Å². The SMILES string of the molecule is Cc1n[nH]c(C)c1C(c1ccccc1)N1CCN(c2nccnc2-c2ccc(Cl)cc2)CC1.Cl. The Kier molecular flexibility index (Phi) is 7.51. The van der Waals surface area contributed by atoms with Gasteiger partial charge in [0.25, 0.3) is 0 Å². The lowest BCUT2D eigenvalue weighted by molar-refractivity contribution is 0.211. The van der Waals surface area contributed by atoms with Crippen molar-refractivity contribution in [3.8, 4) is 11.3 Å². The molecule has 2 aromatic heterocycles. The van der Waals surface area contributed by atoms with Gasteiger partial charge in [-0.05, 0) is 31.5 Å². The fourth-order valence-corrected chi connectivity index (χ4v) is 4.85. The molecule has 4 aromatic rings. The second-order valence-corrected chi connectivity index (χ2v) is 8.86. The molecule has 0 aliphatic carbocycles. The van der Waals surface area contributed by atoms with Crippen molar-refractivity contribution in [2.75, 3.05) is 31.1 Å². The predicted octanol–water partition coefficient (Wildman–Crippen LogP) is 5.47. The molecule has 0 amide bonds. The van der Waals surface area contributed by atoms with Gasteiger partial charge in [0.2, 0.25) is 0 Å². The highest BCUT2D eigenvalue weighted by Gasteiger charge is 2.30. The summed E-state index contributed by atoms with van der Waals surface area (Å²) in [6, 6.07) is 18.7. The maximum absolute atomic E-state index is 6.09. The molecule has 1 saturated heterocycles. The summed E-state index contributed by atoms with van der Waals surface area (Å²) in [7, 11) is 0.